The highest BCUT2D eigenvalue weighted by atomic mass is 32.1. The van der Waals surface area contributed by atoms with Crippen molar-refractivity contribution in [3.8, 4) is 10.6 Å². The van der Waals surface area contributed by atoms with E-state index < -0.39 is 0 Å². The number of benzene rings is 2. The largest absolute Gasteiger partial charge is 0.321 e. The number of aromatic nitrogens is 4. The van der Waals surface area contributed by atoms with Crippen LogP contribution in [0.1, 0.15) is 16.1 Å². The van der Waals surface area contributed by atoms with Crippen LogP contribution < -0.4 is 5.32 Å². The number of aryl methyl sites for hydroxylation is 2. The van der Waals surface area contributed by atoms with Crippen molar-refractivity contribution in [2.24, 2.45) is 7.05 Å². The molecule has 5 aromatic rings. The number of nitrogens with one attached hydrogen (secondary N) is 1. The molecule has 2 aromatic carbocycles. The van der Waals surface area contributed by atoms with Crippen molar-refractivity contribution in [1.82, 2.24) is 19.7 Å². The molecule has 0 aliphatic rings. The summed E-state index contributed by atoms with van der Waals surface area (Å²) in [7, 11) is 1.84. The van der Waals surface area contributed by atoms with E-state index in [0.717, 1.165) is 43.2 Å². The van der Waals surface area contributed by atoms with Gasteiger partial charge in [-0.15, -0.1) is 11.3 Å². The van der Waals surface area contributed by atoms with Crippen LogP contribution in [0.4, 0.5) is 5.69 Å². The molecule has 0 aliphatic carbocycles. The summed E-state index contributed by atoms with van der Waals surface area (Å²) in [5.74, 6) is -0.212. The van der Waals surface area contributed by atoms with Crippen LogP contribution in [0.15, 0.2) is 60.8 Å². The fourth-order valence-corrected chi connectivity index (χ4v) is 4.40. The van der Waals surface area contributed by atoms with Gasteiger partial charge in [0.2, 0.25) is 0 Å². The number of rotatable bonds is 3. The first-order chi connectivity index (χ1) is 14.1. The summed E-state index contributed by atoms with van der Waals surface area (Å²) in [5, 5.41) is 9.13. The molecule has 0 aliphatic heterocycles. The van der Waals surface area contributed by atoms with Crippen molar-refractivity contribution in [3.05, 3.63) is 72.1 Å². The van der Waals surface area contributed by atoms with Gasteiger partial charge in [0, 0.05) is 24.2 Å². The molecule has 0 saturated heterocycles. The number of carbonyl (C=O) groups excluding carboxylic acids is 1. The molecule has 0 spiro atoms. The summed E-state index contributed by atoms with van der Waals surface area (Å²) in [6, 6.07) is 17.6. The number of nitrogens with zero attached hydrogens (tertiary/aromatic N) is 4. The van der Waals surface area contributed by atoms with E-state index >= 15 is 0 Å². The lowest BCUT2D eigenvalue weighted by atomic mass is 10.1. The lowest BCUT2D eigenvalue weighted by Crippen LogP contribution is -2.13. The Kier molecular flexibility index (Phi) is 4.10. The van der Waals surface area contributed by atoms with Gasteiger partial charge >= 0.3 is 0 Å². The number of carbonyl (C=O) groups is 1. The summed E-state index contributed by atoms with van der Waals surface area (Å²) < 4.78 is 2.83. The molecule has 1 amide bonds. The van der Waals surface area contributed by atoms with Gasteiger partial charge in [-0.25, -0.2) is 9.97 Å². The lowest BCUT2D eigenvalue weighted by Gasteiger charge is -2.09. The molecule has 29 heavy (non-hydrogen) atoms. The van der Waals surface area contributed by atoms with E-state index in [1.165, 1.54) is 0 Å². The second-order valence-electron chi connectivity index (χ2n) is 6.79. The quantitative estimate of drug-likeness (QED) is 0.473. The topological polar surface area (TPSA) is 72.7 Å². The number of fused-ring (bicyclic) bond motifs is 2. The highest BCUT2D eigenvalue weighted by molar-refractivity contribution is 7.21. The Hall–Kier alpha value is -3.58. The summed E-state index contributed by atoms with van der Waals surface area (Å²) in [6.07, 6.45) is 1.58. The van der Waals surface area contributed by atoms with Gasteiger partial charge in [-0.1, -0.05) is 24.3 Å². The maximum atomic E-state index is 12.9. The third-order valence-electron chi connectivity index (χ3n) is 4.82. The van der Waals surface area contributed by atoms with Gasteiger partial charge in [0.15, 0.2) is 5.65 Å². The SMILES string of the molecule is Cc1nn(C)c2ncc(C(=O)Nc3ccccc3-c3nc4ccccc4s3)cc12. The van der Waals surface area contributed by atoms with E-state index in [2.05, 4.69) is 21.5 Å². The van der Waals surface area contributed by atoms with Crippen molar-refractivity contribution in [3.63, 3.8) is 0 Å². The molecule has 3 aromatic heterocycles. The Morgan fingerprint density at radius 2 is 1.90 bits per heavy atom. The maximum Gasteiger partial charge on any atom is 0.257 e. The molecular formula is C22H17N5OS. The van der Waals surface area contributed by atoms with Crippen LogP contribution in [-0.4, -0.2) is 25.7 Å². The van der Waals surface area contributed by atoms with Gasteiger partial charge in [0.05, 0.1) is 27.2 Å². The number of thiazole rings is 1. The Balaban J connectivity index is 1.51. The van der Waals surface area contributed by atoms with Gasteiger partial charge in [-0.05, 0) is 37.3 Å². The molecule has 0 fully saturated rings. The standard InChI is InChI=1S/C22H17N5OS/c1-13-16-11-14(12-23-20(16)27(2)26-13)21(28)24-17-8-4-3-7-15(17)22-25-18-9-5-6-10-19(18)29-22/h3-12H,1-2H3,(H,24,28). The van der Waals surface area contributed by atoms with Crippen LogP contribution in [0.2, 0.25) is 0 Å². The summed E-state index contributed by atoms with van der Waals surface area (Å²) in [4.78, 5) is 22.1. The van der Waals surface area contributed by atoms with Crippen molar-refractivity contribution < 1.29 is 4.79 Å². The molecule has 0 unspecified atom stereocenters. The van der Waals surface area contributed by atoms with E-state index in [0.29, 0.717) is 5.56 Å². The summed E-state index contributed by atoms with van der Waals surface area (Å²) in [6.45, 7) is 1.91. The van der Waals surface area contributed by atoms with Crippen molar-refractivity contribution >= 4 is 44.2 Å². The van der Waals surface area contributed by atoms with E-state index in [1.54, 1.807) is 22.2 Å². The highest BCUT2D eigenvalue weighted by Crippen LogP contribution is 2.34. The van der Waals surface area contributed by atoms with Gasteiger partial charge < -0.3 is 5.32 Å². The number of hydrogen-bond donors (Lipinski definition) is 1. The second kappa shape index (κ2) is 6.79. The predicted molar refractivity (Wildman–Crippen MR) is 116 cm³/mol. The number of pyridine rings is 1. The van der Waals surface area contributed by atoms with Crippen molar-refractivity contribution in [2.45, 2.75) is 6.92 Å². The van der Waals surface area contributed by atoms with Gasteiger partial charge in [0.25, 0.3) is 5.91 Å². The second-order valence-corrected chi connectivity index (χ2v) is 7.82. The molecule has 142 valence electrons. The van der Waals surface area contributed by atoms with E-state index in [4.69, 9.17) is 4.98 Å². The van der Waals surface area contributed by atoms with Crippen LogP contribution in [-0.2, 0) is 7.05 Å². The van der Waals surface area contributed by atoms with Gasteiger partial charge in [0.1, 0.15) is 5.01 Å². The monoisotopic (exact) mass is 399 g/mol. The smallest absolute Gasteiger partial charge is 0.257 e. The first-order valence-electron chi connectivity index (χ1n) is 9.16. The van der Waals surface area contributed by atoms with Crippen molar-refractivity contribution in [1.29, 1.82) is 0 Å². The van der Waals surface area contributed by atoms with Crippen LogP contribution >= 0.6 is 11.3 Å². The van der Waals surface area contributed by atoms with Crippen LogP contribution in [0.5, 0.6) is 0 Å². The number of para-hydroxylation sites is 2. The van der Waals surface area contributed by atoms with Gasteiger partial charge in [-0.2, -0.15) is 5.10 Å². The minimum absolute atomic E-state index is 0.212. The third-order valence-corrected chi connectivity index (χ3v) is 5.89. The molecular weight excluding hydrogens is 382 g/mol. The minimum atomic E-state index is -0.212. The van der Waals surface area contributed by atoms with E-state index in [1.807, 2.05) is 62.5 Å². The fourth-order valence-electron chi connectivity index (χ4n) is 3.39. The molecule has 1 N–H and O–H groups in total. The summed E-state index contributed by atoms with van der Waals surface area (Å²) >= 11 is 1.61. The number of amides is 1. The Morgan fingerprint density at radius 3 is 2.76 bits per heavy atom. The molecule has 7 heteroatoms. The lowest BCUT2D eigenvalue weighted by molar-refractivity contribution is 0.102. The van der Waals surface area contributed by atoms with E-state index in [9.17, 15) is 4.79 Å². The Labute approximate surface area is 170 Å². The zero-order valence-electron chi connectivity index (χ0n) is 15.9. The maximum absolute atomic E-state index is 12.9. The molecule has 0 radical (unpaired) electrons. The van der Waals surface area contributed by atoms with Crippen molar-refractivity contribution in [2.75, 3.05) is 5.32 Å². The average molecular weight is 399 g/mol. The predicted octanol–water partition coefficient (Wildman–Crippen LogP) is 4.81. The minimum Gasteiger partial charge on any atom is -0.321 e. The molecule has 6 nitrogen and oxygen atoms in total. The highest BCUT2D eigenvalue weighted by Gasteiger charge is 2.15. The average Bonchev–Trinajstić information content (AvgIpc) is 3.29. The molecule has 0 saturated carbocycles. The van der Waals surface area contributed by atoms with Crippen LogP contribution in [0, 0.1) is 6.92 Å². The van der Waals surface area contributed by atoms with Crippen LogP contribution in [0.25, 0.3) is 31.8 Å². The fraction of sp³-hybridized carbons (Fsp3) is 0.0909. The zero-order valence-corrected chi connectivity index (χ0v) is 16.7. The van der Waals surface area contributed by atoms with E-state index in [-0.39, 0.29) is 5.91 Å². The Bertz CT molecular complexity index is 1350. The summed E-state index contributed by atoms with van der Waals surface area (Å²) in [5.41, 5.74) is 4.67. The first-order valence-corrected chi connectivity index (χ1v) is 9.97. The molecule has 0 bridgehead atoms. The zero-order chi connectivity index (χ0) is 20.0. The normalized spacial score (nSPS) is 11.2. The Morgan fingerprint density at radius 1 is 1.10 bits per heavy atom. The number of hydrogen-bond acceptors (Lipinski definition) is 5. The number of anilines is 1. The first kappa shape index (κ1) is 17.5. The molecule has 3 heterocycles. The molecule has 5 rings (SSSR count). The van der Waals surface area contributed by atoms with Crippen LogP contribution in [0.3, 0.4) is 0 Å². The third kappa shape index (κ3) is 3.05. The molecule has 0 atom stereocenters. The van der Waals surface area contributed by atoms with Gasteiger partial charge in [-0.3, -0.25) is 9.48 Å².